The van der Waals surface area contributed by atoms with Crippen molar-refractivity contribution in [2.75, 3.05) is 0 Å². The summed E-state index contributed by atoms with van der Waals surface area (Å²) in [6, 6.07) is 71.9. The third-order valence-corrected chi connectivity index (χ3v) is 29.4. The minimum Gasteiger partial charge on any atom is -0.402 e. The Morgan fingerprint density at radius 1 is 0.339 bits per heavy atom. The monoisotopic (exact) mass is 1660 g/mol. The van der Waals surface area contributed by atoms with Crippen molar-refractivity contribution in [1.29, 1.82) is 0 Å². The summed E-state index contributed by atoms with van der Waals surface area (Å²) in [4.78, 5) is 15.1. The van der Waals surface area contributed by atoms with Gasteiger partial charge in [-0.25, -0.2) is 0 Å². The van der Waals surface area contributed by atoms with Crippen molar-refractivity contribution in [1.82, 2.24) is 15.0 Å². The molecule has 9 aliphatic carbocycles. The van der Waals surface area contributed by atoms with Gasteiger partial charge in [-0.1, -0.05) is 245 Å². The van der Waals surface area contributed by atoms with Gasteiger partial charge >= 0.3 is 41.5 Å². The maximum Gasteiger partial charge on any atom is 3.00 e. The molecule has 7 aromatic carbocycles. The number of hydrogen-bond acceptors (Lipinski definition) is 9. The second-order valence-corrected chi connectivity index (χ2v) is 40.3. The Morgan fingerprint density at radius 3 is 0.848 bits per heavy atom. The van der Waals surface area contributed by atoms with Crippen molar-refractivity contribution in [2.24, 2.45) is 51.8 Å². The molecule has 13 heteroatoms. The SMILES string of the molecule is CC(C)(C)c1ccnc(-c2[c-]cc(-c3ccccc3-c3cc(-c4ccccc4-c4c[c-]c(-c5cc(C(C)(C)C)ccn5)cc4B4O[C@@H]5[C@@H]6CC(C[C@]5(C)O4)C6(C)C)cc(-c4ccccc4-c4c[c-]c(-c5cc(C(C)(C)C)ccn5)cc4B4O[C@@H]5[C@@H]6C[C@H](C[C@]5(C)O4)C6(C)C)c3)c(B3O[C@@H]4[C@@H]5CC(C[C@]4(C)O3)C5(C)C)c2)c1.[Ir+3]. The summed E-state index contributed by atoms with van der Waals surface area (Å²) in [5.74, 6) is 2.91. The molecule has 0 spiro atoms. The number of hydrogen-bond donors (Lipinski definition) is 0. The molecule has 6 bridgehead atoms. The van der Waals surface area contributed by atoms with E-state index in [-0.39, 0.29) is 70.9 Å². The number of pyridine rings is 3. The molecule has 12 fully saturated rings. The van der Waals surface area contributed by atoms with Crippen LogP contribution >= 0.6 is 0 Å². The van der Waals surface area contributed by atoms with E-state index in [4.69, 9.17) is 42.9 Å². The summed E-state index contributed by atoms with van der Waals surface area (Å²) in [5.41, 5.74) is 23.1. The van der Waals surface area contributed by atoms with E-state index >= 15 is 0 Å². The Labute approximate surface area is 680 Å². The van der Waals surface area contributed by atoms with E-state index in [9.17, 15) is 0 Å². The molecule has 0 radical (unpaired) electrons. The first-order valence-corrected chi connectivity index (χ1v) is 41.2. The van der Waals surface area contributed by atoms with Crippen LogP contribution in [0.2, 0.25) is 0 Å². The summed E-state index contributed by atoms with van der Waals surface area (Å²) in [6.45, 7) is 41.8. The Kier molecular flexibility index (Phi) is 18.0. The predicted molar refractivity (Wildman–Crippen MR) is 451 cm³/mol. The predicted octanol–water partition coefficient (Wildman–Crippen LogP) is 21.0. The molecule has 570 valence electrons. The third-order valence-electron chi connectivity index (χ3n) is 29.4. The van der Waals surface area contributed by atoms with Gasteiger partial charge < -0.3 is 42.9 Å². The van der Waals surface area contributed by atoms with Crippen molar-refractivity contribution in [3.63, 3.8) is 0 Å². The molecule has 3 aromatic heterocycles. The number of aromatic nitrogens is 3. The fourth-order valence-electron chi connectivity index (χ4n) is 21.9. The van der Waals surface area contributed by atoms with Crippen molar-refractivity contribution >= 4 is 37.7 Å². The maximum absolute atomic E-state index is 7.47. The largest absolute Gasteiger partial charge is 3.00 e. The standard InChI is InChI=1S/C99H105B3N3O6.Ir/c1-91(2,3)64-37-40-103-85(52-64)58-31-34-76(82(46-58)100-106-88-79-49-67(94(79,10)11)55-97(88,16)109-100)73-28-22-19-25-70(73)61-43-62(71-26-20-23-29-74(71)77-35-32-59(86-53-65(38-41-104-86)92(4,5)6)47-83(77)101-107-89-80-50-68(95(80,12)13)56-98(89,17)110-101)45-63(44-61)72-27-21-24-30-75(72)78-36-33-60(87-54-66(39-42-105-87)93(7,8)9)48-84(78)102-108-90-81-51-69(96(81,14)15)57-99(90,18)111-102;/h19-30,34-48,52-54,67-69,79-81,88-90H,49-51,55-57H2,1-18H3;/q-3;+3/t67-,68?,69?,79+,80+,81+,88-,89-,90-,97+,98+,99+;/m1./s1. The van der Waals surface area contributed by atoms with E-state index in [1.165, 1.54) is 16.7 Å². The van der Waals surface area contributed by atoms with Crippen LogP contribution in [0, 0.1) is 70.0 Å². The van der Waals surface area contributed by atoms with Gasteiger partial charge in [0.1, 0.15) is 0 Å². The van der Waals surface area contributed by atoms with Gasteiger partial charge in [0.05, 0.1) is 35.1 Å². The molecule has 2 unspecified atom stereocenters. The smallest absolute Gasteiger partial charge is 0.402 e. The normalized spacial score (nSPS) is 28.1. The molecule has 0 N–H and O–H groups in total. The van der Waals surface area contributed by atoms with E-state index < -0.39 is 38.2 Å². The van der Waals surface area contributed by atoms with Gasteiger partial charge in [0.25, 0.3) is 0 Å². The second kappa shape index (κ2) is 26.6. The van der Waals surface area contributed by atoms with Crippen LogP contribution in [-0.2, 0) is 64.3 Å². The van der Waals surface area contributed by atoms with Gasteiger partial charge in [0.15, 0.2) is 0 Å². The molecule has 112 heavy (non-hydrogen) atoms. The summed E-state index contributed by atoms with van der Waals surface area (Å²) >= 11 is 0. The number of rotatable bonds is 12. The van der Waals surface area contributed by atoms with Gasteiger partial charge in [-0.2, -0.15) is 0 Å². The van der Waals surface area contributed by atoms with Crippen LogP contribution in [0.3, 0.4) is 0 Å². The molecule has 10 aromatic rings. The van der Waals surface area contributed by atoms with Gasteiger partial charge in [0.2, 0.25) is 0 Å². The van der Waals surface area contributed by atoms with Crippen molar-refractivity contribution in [3.8, 4) is 101 Å². The average Bonchev–Trinajstić information content (AvgIpc) is 1.45. The zero-order valence-electron chi connectivity index (χ0n) is 68.6. The van der Waals surface area contributed by atoms with Crippen molar-refractivity contribution in [2.45, 2.75) is 215 Å². The fourth-order valence-corrected chi connectivity index (χ4v) is 21.9. The van der Waals surface area contributed by atoms with E-state index in [1.54, 1.807) is 0 Å². The van der Waals surface area contributed by atoms with Crippen LogP contribution < -0.4 is 16.4 Å². The summed E-state index contributed by atoms with van der Waals surface area (Å²) in [7, 11) is -1.92. The molecule has 6 heterocycles. The van der Waals surface area contributed by atoms with E-state index in [0.717, 1.165) is 155 Å². The molecular weight excluding hydrogens is 1550 g/mol. The Hall–Kier alpha value is -7.41. The molecular formula is C99H105B3IrN3O6. The minimum atomic E-state index is -0.641. The topological polar surface area (TPSA) is 94.1 Å². The first kappa shape index (κ1) is 75.9. The van der Waals surface area contributed by atoms with Crippen LogP contribution in [0.25, 0.3) is 101 Å². The Morgan fingerprint density at radius 2 is 0.598 bits per heavy atom. The van der Waals surface area contributed by atoms with E-state index in [0.29, 0.717) is 35.5 Å². The molecule has 9 saturated carbocycles. The average molecular weight is 1660 g/mol. The van der Waals surface area contributed by atoms with E-state index in [1.807, 2.05) is 18.6 Å². The zero-order valence-corrected chi connectivity index (χ0v) is 71.0. The first-order chi connectivity index (χ1) is 52.6. The Bertz CT molecular complexity index is 4890. The van der Waals surface area contributed by atoms with Crippen molar-refractivity contribution in [3.05, 3.63) is 217 Å². The van der Waals surface area contributed by atoms with Gasteiger partial charge in [-0.3, -0.25) is 0 Å². The zero-order chi connectivity index (χ0) is 77.2. The molecule has 0 amide bonds. The van der Waals surface area contributed by atoms with E-state index in [2.05, 4.69) is 307 Å². The summed E-state index contributed by atoms with van der Waals surface area (Å²) < 4.78 is 44.8. The third kappa shape index (κ3) is 12.4. The summed E-state index contributed by atoms with van der Waals surface area (Å²) in [6.07, 6.45) is 12.0. The maximum atomic E-state index is 7.47. The summed E-state index contributed by atoms with van der Waals surface area (Å²) in [5, 5.41) is 0. The first-order valence-electron chi connectivity index (χ1n) is 41.2. The van der Waals surface area contributed by atoms with Gasteiger partial charge in [-0.15, -0.1) is 71.3 Å². The van der Waals surface area contributed by atoms with Crippen molar-refractivity contribution < 1.29 is 48.0 Å². The molecule has 22 rings (SSSR count). The van der Waals surface area contributed by atoms with Crippen LogP contribution in [0.4, 0.5) is 0 Å². The number of benzene rings is 7. The number of nitrogens with zero attached hydrogens (tertiary/aromatic N) is 3. The molecule has 9 nitrogen and oxygen atoms in total. The quantitative estimate of drug-likeness (QED) is 0.0876. The van der Waals surface area contributed by atoms with Crippen LogP contribution in [-0.4, -0.2) is 71.4 Å². The van der Waals surface area contributed by atoms with Crippen LogP contribution in [0.5, 0.6) is 0 Å². The minimum absolute atomic E-state index is 0. The fraction of sp³-hybridized carbons (Fsp3) is 0.424. The van der Waals surface area contributed by atoms with Crippen LogP contribution in [0.15, 0.2) is 182 Å². The molecule has 12 aliphatic rings. The van der Waals surface area contributed by atoms with Crippen LogP contribution in [0.1, 0.15) is 180 Å². The Balaban J connectivity index is 0.00000876. The molecule has 12 atom stereocenters. The molecule has 3 aliphatic heterocycles. The van der Waals surface area contributed by atoms with Gasteiger partial charge in [0, 0.05) is 18.6 Å². The second-order valence-electron chi connectivity index (χ2n) is 40.3. The van der Waals surface area contributed by atoms with Gasteiger partial charge in [-0.05, 0) is 231 Å². The molecule has 3 saturated heterocycles.